The van der Waals surface area contributed by atoms with E-state index in [1.165, 1.54) is 0 Å². The number of carbonyl (C=O) groups is 1. The van der Waals surface area contributed by atoms with E-state index >= 15 is 0 Å². The number of amides is 1. The van der Waals surface area contributed by atoms with Gasteiger partial charge in [0.25, 0.3) is 0 Å². The van der Waals surface area contributed by atoms with Crippen LogP contribution < -0.4 is 5.32 Å². The largest absolute Gasteiger partial charge is 0.355 e. The molecule has 1 atom stereocenters. The highest BCUT2D eigenvalue weighted by atomic mass is 16.2. The summed E-state index contributed by atoms with van der Waals surface area (Å²) in [4.78, 5) is 10.1. The van der Waals surface area contributed by atoms with Gasteiger partial charge in [0.1, 0.15) is 0 Å². The maximum Gasteiger partial charge on any atom is 0.224 e. The molecule has 0 aromatic carbocycles. The Morgan fingerprint density at radius 3 is 2.50 bits per heavy atom. The van der Waals surface area contributed by atoms with Gasteiger partial charge in [-0.15, -0.1) is 0 Å². The van der Waals surface area contributed by atoms with Crippen LogP contribution in [0, 0.1) is 5.92 Å². The van der Waals surface area contributed by atoms with Gasteiger partial charge in [0.15, 0.2) is 0 Å². The molecule has 0 spiro atoms. The van der Waals surface area contributed by atoms with Gasteiger partial charge >= 0.3 is 0 Å². The third kappa shape index (κ3) is 0.295. The molecular weight excluding hydrogens is 78.0 g/mol. The van der Waals surface area contributed by atoms with Crippen LogP contribution in [0.15, 0.2) is 0 Å². The van der Waals surface area contributed by atoms with Crippen molar-refractivity contribution in [2.45, 2.75) is 6.92 Å². The molecule has 0 unspecified atom stereocenters. The summed E-state index contributed by atoms with van der Waals surface area (Å²) in [5, 5.41) is 2.62. The van der Waals surface area contributed by atoms with Gasteiger partial charge in [-0.25, -0.2) is 0 Å². The highest BCUT2D eigenvalue weighted by Gasteiger charge is 2.20. The second-order valence-electron chi connectivity index (χ2n) is 1.65. The lowest BCUT2D eigenvalue weighted by molar-refractivity contribution is -0.130. The standard InChI is InChI=1S/C4H7NO/c1-3-2-5-4(3)6/h3H,2H2,1H3,(H,5,6)/t3-/m0/s1. The minimum atomic E-state index is 0.190. The lowest BCUT2D eigenvalue weighted by Crippen LogP contribution is -2.46. The molecule has 1 aliphatic heterocycles. The summed E-state index contributed by atoms with van der Waals surface area (Å²) in [6.45, 7) is 2.79. The zero-order valence-electron chi connectivity index (χ0n) is 3.69. The Kier molecular flexibility index (Phi) is 0.587. The molecule has 1 rings (SSSR count). The number of hydrogen-bond acceptors (Lipinski definition) is 1. The van der Waals surface area contributed by atoms with Gasteiger partial charge in [-0.1, -0.05) is 6.92 Å². The third-order valence-corrected chi connectivity index (χ3v) is 1.03. The molecule has 0 radical (unpaired) electrons. The molecule has 1 fully saturated rings. The summed E-state index contributed by atoms with van der Waals surface area (Å²) in [6.07, 6.45) is 0. The Bertz CT molecular complexity index is 79.6. The fraction of sp³-hybridized carbons (Fsp3) is 0.750. The summed E-state index contributed by atoms with van der Waals surface area (Å²) >= 11 is 0. The van der Waals surface area contributed by atoms with Crippen molar-refractivity contribution in [1.82, 2.24) is 5.32 Å². The van der Waals surface area contributed by atoms with Gasteiger partial charge in [-0.05, 0) is 0 Å². The van der Waals surface area contributed by atoms with Crippen LogP contribution in [0.3, 0.4) is 0 Å². The van der Waals surface area contributed by atoms with Gasteiger partial charge in [0.05, 0.1) is 5.92 Å². The molecule has 1 aliphatic rings. The molecule has 1 N–H and O–H groups in total. The second-order valence-corrected chi connectivity index (χ2v) is 1.65. The molecule has 1 saturated heterocycles. The summed E-state index contributed by atoms with van der Waals surface area (Å²) in [5.41, 5.74) is 0. The van der Waals surface area contributed by atoms with Crippen LogP contribution >= 0.6 is 0 Å². The first kappa shape index (κ1) is 3.65. The first-order valence-electron chi connectivity index (χ1n) is 2.08. The lowest BCUT2D eigenvalue weighted by Gasteiger charge is -2.20. The normalized spacial score (nSPS) is 31.5. The van der Waals surface area contributed by atoms with Crippen LogP contribution in [-0.2, 0) is 4.79 Å². The summed E-state index contributed by atoms with van der Waals surface area (Å²) in [6, 6.07) is 0. The van der Waals surface area contributed by atoms with Gasteiger partial charge in [0, 0.05) is 6.54 Å². The van der Waals surface area contributed by atoms with Crippen molar-refractivity contribution in [3.8, 4) is 0 Å². The molecule has 2 heteroatoms. The van der Waals surface area contributed by atoms with E-state index in [0.717, 1.165) is 6.54 Å². The molecule has 0 bridgehead atoms. The maximum atomic E-state index is 10.1. The highest BCUT2D eigenvalue weighted by Crippen LogP contribution is 2.00. The summed E-state index contributed by atoms with van der Waals surface area (Å²) in [5.74, 6) is 0.472. The van der Waals surface area contributed by atoms with Crippen molar-refractivity contribution < 1.29 is 4.79 Å². The average molecular weight is 85.1 g/mol. The smallest absolute Gasteiger partial charge is 0.224 e. The summed E-state index contributed by atoms with van der Waals surface area (Å²) in [7, 11) is 0. The second kappa shape index (κ2) is 0.965. The van der Waals surface area contributed by atoms with Crippen LogP contribution in [0.4, 0.5) is 0 Å². The molecular formula is C4H7NO. The number of rotatable bonds is 0. The average Bonchev–Trinajstić information content (AvgIpc) is 1.61. The molecule has 6 heavy (non-hydrogen) atoms. The minimum Gasteiger partial charge on any atom is -0.355 e. The van der Waals surface area contributed by atoms with Crippen LogP contribution in [-0.4, -0.2) is 12.5 Å². The Labute approximate surface area is 36.5 Å². The predicted molar refractivity (Wildman–Crippen MR) is 22.2 cm³/mol. The van der Waals surface area contributed by atoms with E-state index in [-0.39, 0.29) is 11.8 Å². The first-order chi connectivity index (χ1) is 2.80. The monoisotopic (exact) mass is 85.1 g/mol. The van der Waals surface area contributed by atoms with Gasteiger partial charge in [0.2, 0.25) is 5.91 Å². The molecule has 0 aromatic heterocycles. The zero-order chi connectivity index (χ0) is 4.57. The van der Waals surface area contributed by atoms with E-state index in [9.17, 15) is 4.79 Å². The number of nitrogens with one attached hydrogen (secondary N) is 1. The SMILES string of the molecule is C[C@H]1CNC1=O. The van der Waals surface area contributed by atoms with Gasteiger partial charge in [-0.2, -0.15) is 0 Å². The van der Waals surface area contributed by atoms with Crippen molar-refractivity contribution in [1.29, 1.82) is 0 Å². The molecule has 0 aliphatic carbocycles. The minimum absolute atomic E-state index is 0.190. The molecule has 0 aromatic rings. The van der Waals surface area contributed by atoms with Crippen LogP contribution in [0.5, 0.6) is 0 Å². The molecule has 34 valence electrons. The third-order valence-electron chi connectivity index (χ3n) is 1.03. The Hall–Kier alpha value is -0.530. The Balaban J connectivity index is 2.39. The topological polar surface area (TPSA) is 29.1 Å². The predicted octanol–water partition coefficient (Wildman–Crippen LogP) is -0.248. The highest BCUT2D eigenvalue weighted by molar-refractivity contribution is 5.83. The van der Waals surface area contributed by atoms with Crippen molar-refractivity contribution in [3.63, 3.8) is 0 Å². The molecule has 1 heterocycles. The van der Waals surface area contributed by atoms with Crippen molar-refractivity contribution in [3.05, 3.63) is 0 Å². The maximum absolute atomic E-state index is 10.1. The number of hydrogen-bond donors (Lipinski definition) is 1. The quantitative estimate of drug-likeness (QED) is 0.404. The molecule has 1 amide bonds. The van der Waals surface area contributed by atoms with Crippen LogP contribution in [0.25, 0.3) is 0 Å². The number of β-lactam (4-membered cyclic amide) rings is 1. The van der Waals surface area contributed by atoms with E-state index in [1.807, 2.05) is 6.92 Å². The van der Waals surface area contributed by atoms with Crippen LogP contribution in [0.1, 0.15) is 6.92 Å². The molecule has 0 saturated carbocycles. The van der Waals surface area contributed by atoms with Crippen molar-refractivity contribution in [2.75, 3.05) is 6.54 Å². The summed E-state index contributed by atoms with van der Waals surface area (Å²) < 4.78 is 0. The van der Waals surface area contributed by atoms with E-state index in [2.05, 4.69) is 5.32 Å². The molecule has 2 nitrogen and oxygen atoms in total. The van der Waals surface area contributed by atoms with Crippen molar-refractivity contribution >= 4 is 5.91 Å². The zero-order valence-corrected chi connectivity index (χ0v) is 3.69. The lowest BCUT2D eigenvalue weighted by atomic mass is 10.1. The fourth-order valence-corrected chi connectivity index (χ4v) is 0.390. The fourth-order valence-electron chi connectivity index (χ4n) is 0.390. The Morgan fingerprint density at radius 2 is 2.50 bits per heavy atom. The van der Waals surface area contributed by atoms with E-state index in [0.29, 0.717) is 0 Å². The Morgan fingerprint density at radius 1 is 2.00 bits per heavy atom. The van der Waals surface area contributed by atoms with E-state index in [4.69, 9.17) is 0 Å². The number of carbonyl (C=O) groups excluding carboxylic acids is 1. The van der Waals surface area contributed by atoms with E-state index in [1.54, 1.807) is 0 Å². The van der Waals surface area contributed by atoms with Gasteiger partial charge in [-0.3, -0.25) is 4.79 Å². The van der Waals surface area contributed by atoms with Gasteiger partial charge < -0.3 is 5.32 Å². The first-order valence-corrected chi connectivity index (χ1v) is 2.08. The van der Waals surface area contributed by atoms with E-state index < -0.39 is 0 Å². The van der Waals surface area contributed by atoms with Crippen LogP contribution in [0.2, 0.25) is 0 Å². The van der Waals surface area contributed by atoms with Crippen molar-refractivity contribution in [2.24, 2.45) is 5.92 Å².